The van der Waals surface area contributed by atoms with Crippen molar-refractivity contribution >= 4 is 44.1 Å². The fourth-order valence-corrected chi connectivity index (χ4v) is 1.66. The molecule has 0 aliphatic rings. The van der Waals surface area contributed by atoms with Crippen molar-refractivity contribution in [3.8, 4) is 0 Å². The van der Waals surface area contributed by atoms with Crippen LogP contribution in [0.25, 0.3) is 0 Å². The summed E-state index contributed by atoms with van der Waals surface area (Å²) in [5.41, 5.74) is 6.63. The zero-order valence-corrected chi connectivity index (χ0v) is 10.8. The third-order valence-corrected chi connectivity index (χ3v) is 2.90. The normalized spacial score (nSPS) is 10.8. The van der Waals surface area contributed by atoms with Crippen molar-refractivity contribution in [2.45, 2.75) is 0 Å². The van der Waals surface area contributed by atoms with E-state index < -0.39 is 17.7 Å². The summed E-state index contributed by atoms with van der Waals surface area (Å²) in [4.78, 5) is 10.3. The first-order valence-corrected chi connectivity index (χ1v) is 5.43. The van der Waals surface area contributed by atoms with Crippen LogP contribution in [0.1, 0.15) is 5.56 Å². The van der Waals surface area contributed by atoms with Crippen LogP contribution in [0.2, 0.25) is 0 Å². The van der Waals surface area contributed by atoms with Gasteiger partial charge in [-0.15, -0.1) is 0 Å². The molecule has 0 unspecified atom stereocenters. The Hall–Kier alpha value is -1.02. The smallest absolute Gasteiger partial charge is 0.332 e. The van der Waals surface area contributed by atoms with Crippen LogP contribution in [-0.2, 0) is 0 Å². The van der Waals surface area contributed by atoms with Crippen LogP contribution in [0.5, 0.6) is 0 Å². The van der Waals surface area contributed by atoms with Gasteiger partial charge in [-0.25, -0.2) is 19.0 Å². The van der Waals surface area contributed by atoms with Gasteiger partial charge in [-0.2, -0.15) is 5.10 Å². The minimum atomic E-state index is -0.881. The summed E-state index contributed by atoms with van der Waals surface area (Å²) in [5.74, 6) is -1.58. The van der Waals surface area contributed by atoms with E-state index in [1.807, 2.05) is 5.43 Å². The zero-order chi connectivity index (χ0) is 12.3. The van der Waals surface area contributed by atoms with E-state index in [-0.39, 0.29) is 14.5 Å². The third kappa shape index (κ3) is 2.99. The molecular formula is C8H5Br2F2N3O. The third-order valence-electron chi connectivity index (χ3n) is 1.52. The Morgan fingerprint density at radius 2 is 2.12 bits per heavy atom. The molecule has 0 spiro atoms. The van der Waals surface area contributed by atoms with Crippen molar-refractivity contribution in [1.29, 1.82) is 0 Å². The van der Waals surface area contributed by atoms with E-state index in [1.54, 1.807) is 0 Å². The number of carbonyl (C=O) groups is 1. The maximum atomic E-state index is 13.5. The first-order chi connectivity index (χ1) is 7.43. The second kappa shape index (κ2) is 5.35. The molecule has 0 radical (unpaired) electrons. The Balaban J connectivity index is 3.09. The summed E-state index contributed by atoms with van der Waals surface area (Å²) in [6.07, 6.45) is 1.01. The van der Waals surface area contributed by atoms with Crippen molar-refractivity contribution in [1.82, 2.24) is 5.43 Å². The quantitative estimate of drug-likeness (QED) is 0.363. The maximum absolute atomic E-state index is 13.5. The van der Waals surface area contributed by atoms with Crippen LogP contribution in [0.15, 0.2) is 20.1 Å². The molecular weight excluding hydrogens is 352 g/mol. The standard InChI is InChI=1S/C8H5Br2F2N3O/c9-4-1-5(11)6(10)7(12)3(4)2-14-15-8(13)16/h1-2H,(H3,13,15,16). The van der Waals surface area contributed by atoms with Crippen LogP contribution >= 0.6 is 31.9 Å². The summed E-state index contributed by atoms with van der Waals surface area (Å²) in [6.45, 7) is 0. The number of rotatable bonds is 2. The zero-order valence-electron chi connectivity index (χ0n) is 7.60. The lowest BCUT2D eigenvalue weighted by Crippen LogP contribution is -2.24. The van der Waals surface area contributed by atoms with Crippen molar-refractivity contribution in [3.05, 3.63) is 32.2 Å². The van der Waals surface area contributed by atoms with E-state index in [4.69, 9.17) is 5.73 Å². The average Bonchev–Trinajstić information content (AvgIpc) is 2.19. The molecule has 86 valence electrons. The Bertz CT molecular complexity index is 465. The van der Waals surface area contributed by atoms with E-state index in [0.717, 1.165) is 12.3 Å². The highest BCUT2D eigenvalue weighted by molar-refractivity contribution is 9.11. The predicted octanol–water partition coefficient (Wildman–Crippen LogP) is 2.49. The first kappa shape index (κ1) is 13.0. The monoisotopic (exact) mass is 355 g/mol. The summed E-state index contributed by atoms with van der Waals surface area (Å²) in [5, 5.41) is 3.37. The number of amides is 2. The van der Waals surface area contributed by atoms with Crippen molar-refractivity contribution in [2.75, 3.05) is 0 Å². The molecule has 0 aromatic heterocycles. The Labute approximate surface area is 106 Å². The SMILES string of the molecule is NC(=O)NN=Cc1c(Br)cc(F)c(Br)c1F. The highest BCUT2D eigenvalue weighted by atomic mass is 79.9. The molecule has 0 saturated heterocycles. The Morgan fingerprint density at radius 3 is 2.69 bits per heavy atom. The Morgan fingerprint density at radius 1 is 1.50 bits per heavy atom. The number of nitrogens with two attached hydrogens (primary N) is 1. The van der Waals surface area contributed by atoms with Gasteiger partial charge in [-0.1, -0.05) is 0 Å². The minimum Gasteiger partial charge on any atom is -0.350 e. The van der Waals surface area contributed by atoms with Gasteiger partial charge in [0.15, 0.2) is 0 Å². The van der Waals surface area contributed by atoms with Gasteiger partial charge < -0.3 is 5.73 Å². The number of nitrogens with zero attached hydrogens (tertiary/aromatic N) is 1. The Kier molecular flexibility index (Phi) is 4.36. The summed E-state index contributed by atoms with van der Waals surface area (Å²) >= 11 is 5.70. The molecule has 0 aliphatic carbocycles. The number of nitrogens with one attached hydrogen (secondary N) is 1. The molecule has 0 bridgehead atoms. The molecule has 2 amide bonds. The van der Waals surface area contributed by atoms with Crippen LogP contribution in [-0.4, -0.2) is 12.2 Å². The number of urea groups is 1. The first-order valence-electron chi connectivity index (χ1n) is 3.85. The number of hydrogen-bond acceptors (Lipinski definition) is 2. The lowest BCUT2D eigenvalue weighted by atomic mass is 10.2. The second-order valence-electron chi connectivity index (χ2n) is 2.62. The molecule has 1 aromatic carbocycles. The van der Waals surface area contributed by atoms with Gasteiger partial charge in [-0.05, 0) is 37.9 Å². The number of hydrazone groups is 1. The highest BCUT2D eigenvalue weighted by Gasteiger charge is 2.14. The number of hydrogen-bond donors (Lipinski definition) is 2. The maximum Gasteiger partial charge on any atom is 0.332 e. The number of primary amides is 1. The van der Waals surface area contributed by atoms with E-state index in [1.165, 1.54) is 0 Å². The van der Waals surface area contributed by atoms with E-state index >= 15 is 0 Å². The molecule has 16 heavy (non-hydrogen) atoms. The predicted molar refractivity (Wildman–Crippen MR) is 62.1 cm³/mol. The fourth-order valence-electron chi connectivity index (χ4n) is 0.859. The molecule has 0 heterocycles. The topological polar surface area (TPSA) is 67.5 Å². The van der Waals surface area contributed by atoms with Gasteiger partial charge in [0.05, 0.1) is 10.7 Å². The van der Waals surface area contributed by atoms with Gasteiger partial charge in [0.2, 0.25) is 0 Å². The lowest BCUT2D eigenvalue weighted by Gasteiger charge is -2.03. The van der Waals surface area contributed by atoms with Crippen LogP contribution < -0.4 is 11.2 Å². The fraction of sp³-hybridized carbons (Fsp3) is 0. The van der Waals surface area contributed by atoms with Gasteiger partial charge in [0.1, 0.15) is 11.6 Å². The number of benzene rings is 1. The second-order valence-corrected chi connectivity index (χ2v) is 4.26. The lowest BCUT2D eigenvalue weighted by molar-refractivity contribution is 0.249. The number of carbonyl (C=O) groups excluding carboxylic acids is 1. The summed E-state index contributed by atoms with van der Waals surface area (Å²) in [6, 6.07) is 0.188. The average molecular weight is 357 g/mol. The largest absolute Gasteiger partial charge is 0.350 e. The van der Waals surface area contributed by atoms with Gasteiger partial charge >= 0.3 is 6.03 Å². The molecule has 0 atom stereocenters. The van der Waals surface area contributed by atoms with Gasteiger partial charge in [0, 0.05) is 10.0 Å². The minimum absolute atomic E-state index is 0.0120. The molecule has 4 nitrogen and oxygen atoms in total. The molecule has 0 saturated carbocycles. The van der Waals surface area contributed by atoms with E-state index in [0.29, 0.717) is 0 Å². The van der Waals surface area contributed by atoms with Crippen molar-refractivity contribution in [2.24, 2.45) is 10.8 Å². The van der Waals surface area contributed by atoms with Crippen molar-refractivity contribution in [3.63, 3.8) is 0 Å². The molecule has 1 rings (SSSR count). The van der Waals surface area contributed by atoms with Gasteiger partial charge in [0.25, 0.3) is 0 Å². The molecule has 0 fully saturated rings. The van der Waals surface area contributed by atoms with Crippen LogP contribution in [0, 0.1) is 11.6 Å². The van der Waals surface area contributed by atoms with E-state index in [2.05, 4.69) is 37.0 Å². The summed E-state index contributed by atoms with van der Waals surface area (Å²) in [7, 11) is 0. The number of halogens is 4. The molecule has 1 aromatic rings. The van der Waals surface area contributed by atoms with E-state index in [9.17, 15) is 13.6 Å². The summed E-state index contributed by atoms with van der Waals surface area (Å²) < 4.78 is 26.4. The van der Waals surface area contributed by atoms with Crippen molar-refractivity contribution < 1.29 is 13.6 Å². The van der Waals surface area contributed by atoms with Gasteiger partial charge in [-0.3, -0.25) is 0 Å². The van der Waals surface area contributed by atoms with Crippen LogP contribution in [0.3, 0.4) is 0 Å². The van der Waals surface area contributed by atoms with Crippen LogP contribution in [0.4, 0.5) is 13.6 Å². The molecule has 0 aliphatic heterocycles. The molecule has 8 heteroatoms. The molecule has 3 N–H and O–H groups in total. The highest BCUT2D eigenvalue weighted by Crippen LogP contribution is 2.27.